The number of anilines is 1. The summed E-state index contributed by atoms with van der Waals surface area (Å²) < 4.78 is 21.2. The van der Waals surface area contributed by atoms with Crippen LogP contribution in [0.1, 0.15) is 34.2 Å². The maximum absolute atomic E-state index is 13.9. The summed E-state index contributed by atoms with van der Waals surface area (Å²) in [7, 11) is 0. The number of aryl methyl sites for hydroxylation is 2. The summed E-state index contributed by atoms with van der Waals surface area (Å²) in [5, 5.41) is 7.70. The van der Waals surface area contributed by atoms with Gasteiger partial charge in [0, 0.05) is 17.0 Å². The molecule has 0 bridgehead atoms. The van der Waals surface area contributed by atoms with E-state index in [0.717, 1.165) is 12.0 Å². The SMILES string of the molecule is CCc1ccc(Cn2nccc2NC(=O)c2oc3c(F)cccc3c2C)cc1. The van der Waals surface area contributed by atoms with E-state index in [1.165, 1.54) is 11.6 Å². The van der Waals surface area contributed by atoms with Crippen LogP contribution in [0.15, 0.2) is 59.1 Å². The molecule has 0 fully saturated rings. The van der Waals surface area contributed by atoms with Crippen molar-refractivity contribution in [2.75, 3.05) is 5.32 Å². The minimum Gasteiger partial charge on any atom is -0.448 e. The molecule has 142 valence electrons. The van der Waals surface area contributed by atoms with Crippen LogP contribution in [0, 0.1) is 12.7 Å². The lowest BCUT2D eigenvalue weighted by Crippen LogP contribution is -2.16. The molecule has 2 heterocycles. The highest BCUT2D eigenvalue weighted by molar-refractivity contribution is 6.06. The van der Waals surface area contributed by atoms with Gasteiger partial charge in [-0.15, -0.1) is 0 Å². The van der Waals surface area contributed by atoms with Crippen molar-refractivity contribution in [2.45, 2.75) is 26.8 Å². The molecule has 6 heteroatoms. The number of furan rings is 1. The second kappa shape index (κ2) is 7.31. The van der Waals surface area contributed by atoms with Crippen LogP contribution in [-0.4, -0.2) is 15.7 Å². The molecule has 28 heavy (non-hydrogen) atoms. The summed E-state index contributed by atoms with van der Waals surface area (Å²) in [4.78, 5) is 12.7. The highest BCUT2D eigenvalue weighted by Crippen LogP contribution is 2.28. The highest BCUT2D eigenvalue weighted by atomic mass is 19.1. The minimum absolute atomic E-state index is 0.0923. The number of nitrogens with one attached hydrogen (secondary N) is 1. The van der Waals surface area contributed by atoms with Crippen LogP contribution in [0.25, 0.3) is 11.0 Å². The van der Waals surface area contributed by atoms with Gasteiger partial charge in [-0.05, 0) is 30.5 Å². The summed E-state index contributed by atoms with van der Waals surface area (Å²) >= 11 is 0. The van der Waals surface area contributed by atoms with Crippen molar-refractivity contribution in [1.82, 2.24) is 9.78 Å². The molecule has 0 saturated heterocycles. The van der Waals surface area contributed by atoms with E-state index in [-0.39, 0.29) is 11.3 Å². The fourth-order valence-corrected chi connectivity index (χ4v) is 3.22. The van der Waals surface area contributed by atoms with E-state index in [2.05, 4.69) is 41.6 Å². The largest absolute Gasteiger partial charge is 0.448 e. The zero-order valence-corrected chi connectivity index (χ0v) is 15.7. The quantitative estimate of drug-likeness (QED) is 0.536. The van der Waals surface area contributed by atoms with Gasteiger partial charge in [0.15, 0.2) is 17.2 Å². The molecule has 0 spiro atoms. The number of fused-ring (bicyclic) bond motifs is 1. The Morgan fingerprint density at radius 2 is 1.89 bits per heavy atom. The molecule has 0 aliphatic carbocycles. The Morgan fingerprint density at radius 3 is 2.61 bits per heavy atom. The average Bonchev–Trinajstić information content (AvgIpc) is 3.28. The zero-order valence-electron chi connectivity index (χ0n) is 15.7. The first kappa shape index (κ1) is 18.0. The first-order valence-corrected chi connectivity index (χ1v) is 9.15. The summed E-state index contributed by atoms with van der Waals surface area (Å²) in [6.45, 7) is 4.38. The molecule has 2 aromatic carbocycles. The Hall–Kier alpha value is -3.41. The number of carbonyl (C=O) groups is 1. The van der Waals surface area contributed by atoms with Crippen molar-refractivity contribution in [3.05, 3.63) is 83.0 Å². The molecule has 1 amide bonds. The number of carbonyl (C=O) groups excluding carboxylic acids is 1. The Balaban J connectivity index is 1.57. The Bertz CT molecular complexity index is 1140. The number of benzene rings is 2. The summed E-state index contributed by atoms with van der Waals surface area (Å²) in [6.07, 6.45) is 2.61. The van der Waals surface area contributed by atoms with E-state index < -0.39 is 11.7 Å². The lowest BCUT2D eigenvalue weighted by Gasteiger charge is -2.09. The van der Waals surface area contributed by atoms with Gasteiger partial charge >= 0.3 is 0 Å². The Morgan fingerprint density at radius 1 is 1.14 bits per heavy atom. The first-order valence-electron chi connectivity index (χ1n) is 9.15. The molecule has 4 rings (SSSR count). The molecule has 0 unspecified atom stereocenters. The number of para-hydroxylation sites is 1. The molecule has 0 saturated carbocycles. The third-order valence-corrected chi connectivity index (χ3v) is 4.84. The zero-order chi connectivity index (χ0) is 19.7. The minimum atomic E-state index is -0.486. The predicted molar refractivity (Wildman–Crippen MR) is 106 cm³/mol. The van der Waals surface area contributed by atoms with E-state index in [1.807, 2.05) is 0 Å². The topological polar surface area (TPSA) is 60.1 Å². The fourth-order valence-electron chi connectivity index (χ4n) is 3.22. The Labute approximate surface area is 161 Å². The molecule has 1 N–H and O–H groups in total. The van der Waals surface area contributed by atoms with Gasteiger partial charge in [0.2, 0.25) is 0 Å². The maximum atomic E-state index is 13.9. The van der Waals surface area contributed by atoms with Crippen molar-refractivity contribution < 1.29 is 13.6 Å². The average molecular weight is 377 g/mol. The maximum Gasteiger partial charge on any atom is 0.292 e. The second-order valence-electron chi connectivity index (χ2n) is 6.67. The van der Waals surface area contributed by atoms with Crippen molar-refractivity contribution >= 4 is 22.7 Å². The third kappa shape index (κ3) is 3.29. The lowest BCUT2D eigenvalue weighted by molar-refractivity contribution is 0.0996. The third-order valence-electron chi connectivity index (χ3n) is 4.84. The van der Waals surface area contributed by atoms with Crippen molar-refractivity contribution in [1.29, 1.82) is 0 Å². The first-order chi connectivity index (χ1) is 13.6. The molecule has 0 radical (unpaired) electrons. The number of hydrogen-bond acceptors (Lipinski definition) is 3. The molecule has 5 nitrogen and oxygen atoms in total. The van der Waals surface area contributed by atoms with Gasteiger partial charge in [-0.1, -0.05) is 43.3 Å². The number of rotatable bonds is 5. The molecular formula is C22H20FN3O2. The second-order valence-corrected chi connectivity index (χ2v) is 6.67. The molecule has 0 aliphatic rings. The number of amides is 1. The van der Waals surface area contributed by atoms with Crippen LogP contribution in [0.3, 0.4) is 0 Å². The van der Waals surface area contributed by atoms with Gasteiger partial charge in [0.05, 0.1) is 12.7 Å². The van der Waals surface area contributed by atoms with Crippen LogP contribution in [0.2, 0.25) is 0 Å². The van der Waals surface area contributed by atoms with Crippen molar-refractivity contribution in [2.24, 2.45) is 0 Å². The van der Waals surface area contributed by atoms with Crippen molar-refractivity contribution in [3.8, 4) is 0 Å². The molecule has 0 atom stereocenters. The lowest BCUT2D eigenvalue weighted by atomic mass is 10.1. The summed E-state index contributed by atoms with van der Waals surface area (Å²) in [5.74, 6) is -0.276. The number of hydrogen-bond donors (Lipinski definition) is 1. The van der Waals surface area contributed by atoms with Gasteiger partial charge in [-0.3, -0.25) is 4.79 Å². The van der Waals surface area contributed by atoms with E-state index >= 15 is 0 Å². The molecule has 4 aromatic rings. The van der Waals surface area contributed by atoms with Crippen LogP contribution in [0.5, 0.6) is 0 Å². The van der Waals surface area contributed by atoms with E-state index in [0.29, 0.717) is 23.3 Å². The predicted octanol–water partition coefficient (Wildman–Crippen LogP) is 4.94. The highest BCUT2D eigenvalue weighted by Gasteiger charge is 2.20. The number of halogens is 1. The van der Waals surface area contributed by atoms with Crippen LogP contribution in [0.4, 0.5) is 10.2 Å². The normalized spacial score (nSPS) is 11.1. The molecule has 0 aliphatic heterocycles. The van der Waals surface area contributed by atoms with Gasteiger partial charge < -0.3 is 9.73 Å². The summed E-state index contributed by atoms with van der Waals surface area (Å²) in [5.41, 5.74) is 3.05. The van der Waals surface area contributed by atoms with Gasteiger partial charge in [-0.25, -0.2) is 9.07 Å². The van der Waals surface area contributed by atoms with Crippen LogP contribution < -0.4 is 5.32 Å². The van der Waals surface area contributed by atoms with Crippen LogP contribution in [-0.2, 0) is 13.0 Å². The van der Waals surface area contributed by atoms with E-state index in [9.17, 15) is 9.18 Å². The fraction of sp³-hybridized carbons (Fsp3) is 0.182. The standard InChI is InChI=1S/C22H20FN3O2/c1-3-15-7-9-16(10-8-15)13-26-19(11-12-24-26)25-22(27)20-14(2)17-5-4-6-18(23)21(17)28-20/h4-12H,3,13H2,1-2H3,(H,25,27). The van der Waals surface area contributed by atoms with E-state index in [4.69, 9.17) is 4.42 Å². The van der Waals surface area contributed by atoms with Crippen LogP contribution >= 0.6 is 0 Å². The van der Waals surface area contributed by atoms with Gasteiger partial charge in [0.25, 0.3) is 5.91 Å². The smallest absolute Gasteiger partial charge is 0.292 e. The number of nitrogens with zero attached hydrogens (tertiary/aromatic N) is 2. The Kier molecular flexibility index (Phi) is 4.69. The van der Waals surface area contributed by atoms with E-state index in [1.54, 1.807) is 36.0 Å². The summed E-state index contributed by atoms with van der Waals surface area (Å²) in [6, 6.07) is 14.6. The molecular weight excluding hydrogens is 357 g/mol. The van der Waals surface area contributed by atoms with Gasteiger partial charge in [-0.2, -0.15) is 5.10 Å². The monoisotopic (exact) mass is 377 g/mol. The van der Waals surface area contributed by atoms with Crippen molar-refractivity contribution in [3.63, 3.8) is 0 Å². The van der Waals surface area contributed by atoms with Gasteiger partial charge in [0.1, 0.15) is 5.82 Å². The number of aromatic nitrogens is 2. The molecule has 2 aromatic heterocycles.